The van der Waals surface area contributed by atoms with E-state index in [1.165, 1.54) is 18.4 Å². The zero-order valence-corrected chi connectivity index (χ0v) is 16.8. The van der Waals surface area contributed by atoms with Crippen LogP contribution in [-0.2, 0) is 4.79 Å². The first-order chi connectivity index (χ1) is 14.1. The van der Waals surface area contributed by atoms with Crippen LogP contribution in [0.1, 0.15) is 41.1 Å². The number of benzene rings is 2. The summed E-state index contributed by atoms with van der Waals surface area (Å²) in [6, 6.07) is 17.4. The molecule has 2 fully saturated rings. The van der Waals surface area contributed by atoms with Gasteiger partial charge in [0.1, 0.15) is 5.75 Å². The van der Waals surface area contributed by atoms with Gasteiger partial charge in [0.2, 0.25) is 5.91 Å². The minimum absolute atomic E-state index is 0.0340. The van der Waals surface area contributed by atoms with Crippen LogP contribution in [-0.4, -0.2) is 43.5 Å². The quantitative estimate of drug-likeness (QED) is 0.819. The highest BCUT2D eigenvalue weighted by atomic mass is 16.5. The fraction of sp³-hybridized carbons (Fsp3) is 0.417. The Balaban J connectivity index is 1.52. The largest absolute Gasteiger partial charge is 0.497 e. The first-order valence-electron chi connectivity index (χ1n) is 10.4. The summed E-state index contributed by atoms with van der Waals surface area (Å²) in [5.74, 6) is 1.38. The summed E-state index contributed by atoms with van der Waals surface area (Å²) in [5, 5.41) is 3.11. The van der Waals surface area contributed by atoms with E-state index in [0.29, 0.717) is 24.6 Å². The Labute approximate surface area is 172 Å². The number of nitrogens with zero attached hydrogens (tertiary/aromatic N) is 1. The van der Waals surface area contributed by atoms with Gasteiger partial charge < -0.3 is 15.0 Å². The number of hydrogen-bond acceptors (Lipinski definition) is 3. The molecular formula is C24H28N2O3. The van der Waals surface area contributed by atoms with Gasteiger partial charge in [-0.25, -0.2) is 0 Å². The van der Waals surface area contributed by atoms with E-state index >= 15 is 0 Å². The van der Waals surface area contributed by atoms with Crippen molar-refractivity contribution >= 4 is 11.8 Å². The van der Waals surface area contributed by atoms with Gasteiger partial charge in [0.05, 0.1) is 13.0 Å². The molecule has 0 radical (unpaired) electrons. The lowest BCUT2D eigenvalue weighted by molar-refractivity contribution is -0.126. The molecule has 1 N–H and O–H groups in total. The minimum atomic E-state index is -0.185. The van der Waals surface area contributed by atoms with Crippen LogP contribution in [0.4, 0.5) is 0 Å². The number of hydrogen-bond donors (Lipinski definition) is 1. The molecule has 4 rings (SSSR count). The molecule has 2 aromatic rings. The molecule has 29 heavy (non-hydrogen) atoms. The summed E-state index contributed by atoms with van der Waals surface area (Å²) in [6.45, 7) is 1.85. The van der Waals surface area contributed by atoms with Crippen molar-refractivity contribution in [3.63, 3.8) is 0 Å². The van der Waals surface area contributed by atoms with E-state index in [0.717, 1.165) is 18.7 Å². The second-order valence-corrected chi connectivity index (χ2v) is 8.17. The van der Waals surface area contributed by atoms with E-state index in [4.69, 9.17) is 4.74 Å². The lowest BCUT2D eigenvalue weighted by Gasteiger charge is -2.37. The van der Waals surface area contributed by atoms with Gasteiger partial charge in [-0.15, -0.1) is 0 Å². The molecule has 0 bridgehead atoms. The molecule has 2 atom stereocenters. The topological polar surface area (TPSA) is 58.6 Å². The minimum Gasteiger partial charge on any atom is -0.497 e. The zero-order valence-electron chi connectivity index (χ0n) is 16.8. The summed E-state index contributed by atoms with van der Waals surface area (Å²) in [7, 11) is 1.61. The van der Waals surface area contributed by atoms with Crippen LogP contribution in [0.5, 0.6) is 5.75 Å². The molecule has 5 heteroatoms. The average molecular weight is 392 g/mol. The second-order valence-electron chi connectivity index (χ2n) is 8.17. The first-order valence-corrected chi connectivity index (χ1v) is 10.4. The lowest BCUT2D eigenvalue weighted by atomic mass is 9.83. The van der Waals surface area contributed by atoms with Gasteiger partial charge in [-0.05, 0) is 55.0 Å². The Bertz CT molecular complexity index is 846. The van der Waals surface area contributed by atoms with Crippen molar-refractivity contribution in [2.45, 2.75) is 25.2 Å². The van der Waals surface area contributed by atoms with E-state index in [1.807, 2.05) is 23.1 Å². The number of ether oxygens (including phenoxy) is 1. The molecule has 1 aliphatic carbocycles. The predicted octanol–water partition coefficient (Wildman–Crippen LogP) is 3.47. The highest BCUT2D eigenvalue weighted by Gasteiger charge is 2.35. The predicted molar refractivity (Wildman–Crippen MR) is 112 cm³/mol. The molecule has 2 aromatic carbocycles. The Kier molecular flexibility index (Phi) is 5.84. The Morgan fingerprint density at radius 3 is 2.41 bits per heavy atom. The lowest BCUT2D eigenvalue weighted by Crippen LogP contribution is -2.48. The first kappa shape index (κ1) is 19.5. The maximum atomic E-state index is 13.2. The molecule has 0 unspecified atom stereocenters. The molecule has 1 aliphatic heterocycles. The van der Waals surface area contributed by atoms with Crippen molar-refractivity contribution in [3.05, 3.63) is 65.7 Å². The third-order valence-corrected chi connectivity index (χ3v) is 5.98. The highest BCUT2D eigenvalue weighted by Crippen LogP contribution is 2.32. The van der Waals surface area contributed by atoms with Gasteiger partial charge in [-0.1, -0.05) is 30.3 Å². The number of nitrogens with one attached hydrogen (secondary N) is 1. The van der Waals surface area contributed by atoms with Crippen molar-refractivity contribution in [2.75, 3.05) is 26.7 Å². The van der Waals surface area contributed by atoms with E-state index in [-0.39, 0.29) is 23.7 Å². The van der Waals surface area contributed by atoms with Crippen LogP contribution in [0.15, 0.2) is 54.6 Å². The summed E-state index contributed by atoms with van der Waals surface area (Å²) >= 11 is 0. The van der Waals surface area contributed by atoms with Crippen LogP contribution in [0.2, 0.25) is 0 Å². The van der Waals surface area contributed by atoms with E-state index in [9.17, 15) is 9.59 Å². The van der Waals surface area contributed by atoms with Crippen molar-refractivity contribution in [1.29, 1.82) is 0 Å². The number of amides is 2. The van der Waals surface area contributed by atoms with Gasteiger partial charge in [-0.2, -0.15) is 0 Å². The molecule has 0 spiro atoms. The summed E-state index contributed by atoms with van der Waals surface area (Å²) in [6.07, 6.45) is 3.19. The van der Waals surface area contributed by atoms with Crippen molar-refractivity contribution in [1.82, 2.24) is 10.2 Å². The van der Waals surface area contributed by atoms with Crippen molar-refractivity contribution < 1.29 is 14.3 Å². The fourth-order valence-corrected chi connectivity index (χ4v) is 4.05. The number of piperidine rings is 1. The molecule has 5 nitrogen and oxygen atoms in total. The summed E-state index contributed by atoms with van der Waals surface area (Å²) < 4.78 is 5.19. The summed E-state index contributed by atoms with van der Waals surface area (Å²) in [5.41, 5.74) is 1.80. The Morgan fingerprint density at radius 2 is 1.76 bits per heavy atom. The molecule has 152 valence electrons. The summed E-state index contributed by atoms with van der Waals surface area (Å²) in [4.78, 5) is 27.8. The smallest absolute Gasteiger partial charge is 0.253 e. The van der Waals surface area contributed by atoms with Gasteiger partial charge in [-0.3, -0.25) is 9.59 Å². The number of methoxy groups -OCH3 is 1. The van der Waals surface area contributed by atoms with Gasteiger partial charge in [0.15, 0.2) is 0 Å². The normalized spacial score (nSPS) is 21.5. The molecule has 2 aliphatic rings. The van der Waals surface area contributed by atoms with Gasteiger partial charge in [0, 0.05) is 31.1 Å². The second kappa shape index (κ2) is 8.68. The molecule has 1 heterocycles. The van der Waals surface area contributed by atoms with Gasteiger partial charge in [0.25, 0.3) is 5.91 Å². The fourth-order valence-electron chi connectivity index (χ4n) is 4.05. The molecule has 2 amide bonds. The number of carbonyl (C=O) groups is 2. The van der Waals surface area contributed by atoms with Gasteiger partial charge >= 0.3 is 0 Å². The average Bonchev–Trinajstić information content (AvgIpc) is 3.62. The maximum Gasteiger partial charge on any atom is 0.253 e. The molecule has 0 aromatic heterocycles. The molecule has 1 saturated heterocycles. The van der Waals surface area contributed by atoms with E-state index in [2.05, 4.69) is 17.4 Å². The van der Waals surface area contributed by atoms with Crippen molar-refractivity contribution in [2.24, 2.45) is 11.8 Å². The maximum absolute atomic E-state index is 13.2. The Hall–Kier alpha value is -2.82. The van der Waals surface area contributed by atoms with E-state index < -0.39 is 0 Å². The van der Waals surface area contributed by atoms with Crippen molar-refractivity contribution in [3.8, 4) is 5.75 Å². The SMILES string of the molecule is COc1ccc(C(=O)N2C[C@@H](C(=O)NCC3CC3)C[C@@H](c3ccccc3)C2)cc1. The third-order valence-electron chi connectivity index (χ3n) is 5.98. The monoisotopic (exact) mass is 392 g/mol. The number of likely N-dealkylation sites (tertiary alicyclic amines) is 1. The highest BCUT2D eigenvalue weighted by molar-refractivity contribution is 5.95. The molecular weight excluding hydrogens is 364 g/mol. The van der Waals surface area contributed by atoms with Crippen LogP contribution in [0, 0.1) is 11.8 Å². The number of rotatable bonds is 6. The van der Waals surface area contributed by atoms with Crippen LogP contribution in [0.25, 0.3) is 0 Å². The van der Waals surface area contributed by atoms with E-state index in [1.54, 1.807) is 31.4 Å². The third kappa shape index (κ3) is 4.78. The standard InChI is InChI=1S/C24H28N2O3/c1-29-22-11-9-19(10-12-22)24(28)26-15-20(18-5-3-2-4-6-18)13-21(16-26)23(27)25-14-17-7-8-17/h2-6,9-12,17,20-21H,7-8,13-16H2,1H3,(H,25,27)/t20-,21+/m1/s1. The van der Waals surface area contributed by atoms with Crippen LogP contribution >= 0.6 is 0 Å². The molecule has 1 saturated carbocycles. The number of carbonyl (C=O) groups excluding carboxylic acids is 2. The van der Waals surface area contributed by atoms with Crippen LogP contribution in [0.3, 0.4) is 0 Å². The van der Waals surface area contributed by atoms with Crippen LogP contribution < -0.4 is 10.1 Å². The zero-order chi connectivity index (χ0) is 20.2. The Morgan fingerprint density at radius 1 is 1.03 bits per heavy atom.